The van der Waals surface area contributed by atoms with Gasteiger partial charge in [-0.3, -0.25) is 0 Å². The van der Waals surface area contributed by atoms with Crippen molar-refractivity contribution in [3.05, 3.63) is 66.4 Å². The van der Waals surface area contributed by atoms with Gasteiger partial charge in [0.1, 0.15) is 17.7 Å². The van der Waals surface area contributed by atoms with Gasteiger partial charge in [0.2, 0.25) is 5.88 Å². The Hall–Kier alpha value is -4.21. The zero-order chi connectivity index (χ0) is 22.0. The molecule has 0 radical (unpaired) electrons. The van der Waals surface area contributed by atoms with Gasteiger partial charge in [-0.25, -0.2) is 9.37 Å². The molecule has 4 N–H and O–H groups in total. The van der Waals surface area contributed by atoms with E-state index in [9.17, 15) is 4.39 Å². The maximum absolute atomic E-state index is 14.0. The molecular weight excluding hydrogens is 401 g/mol. The highest BCUT2D eigenvalue weighted by Gasteiger charge is 2.19. The Morgan fingerprint density at radius 2 is 1.84 bits per heavy atom. The molecule has 1 atom stereocenters. The summed E-state index contributed by atoms with van der Waals surface area (Å²) in [5.74, 6) is 0.794. The number of benzene rings is 1. The fraction of sp³-hybridized carbons (Fsp3) is 0.143. The molecular formula is C21H20FN7O2. The van der Waals surface area contributed by atoms with Crippen LogP contribution in [0.25, 0.3) is 16.8 Å². The number of rotatable bonds is 6. The number of hydrogen-bond acceptors (Lipinski definition) is 8. The van der Waals surface area contributed by atoms with Gasteiger partial charge in [-0.1, -0.05) is 0 Å². The lowest BCUT2D eigenvalue weighted by Gasteiger charge is -2.19. The highest BCUT2D eigenvalue weighted by Crippen LogP contribution is 2.35. The van der Waals surface area contributed by atoms with Gasteiger partial charge >= 0.3 is 0 Å². The second-order valence-corrected chi connectivity index (χ2v) is 6.68. The van der Waals surface area contributed by atoms with Crippen LogP contribution in [-0.2, 0) is 0 Å². The van der Waals surface area contributed by atoms with Gasteiger partial charge in [-0.2, -0.15) is 20.0 Å². The van der Waals surface area contributed by atoms with Gasteiger partial charge in [0, 0.05) is 22.9 Å². The topological polar surface area (TPSA) is 127 Å². The second kappa shape index (κ2) is 8.27. The van der Waals surface area contributed by atoms with E-state index in [0.717, 1.165) is 0 Å². The van der Waals surface area contributed by atoms with Crippen LogP contribution in [0.1, 0.15) is 18.6 Å². The minimum absolute atomic E-state index is 0.188. The van der Waals surface area contributed by atoms with Gasteiger partial charge in [-0.05, 0) is 43.3 Å². The third kappa shape index (κ3) is 4.08. The van der Waals surface area contributed by atoms with Crippen LogP contribution in [0.4, 0.5) is 16.0 Å². The van der Waals surface area contributed by atoms with Gasteiger partial charge in [0.25, 0.3) is 0 Å². The number of nitrogens with zero attached hydrogens (tertiary/aromatic N) is 5. The zero-order valence-electron chi connectivity index (χ0n) is 16.9. The summed E-state index contributed by atoms with van der Waals surface area (Å²) in [5, 5.41) is 8.25. The Kier molecular flexibility index (Phi) is 5.35. The Morgan fingerprint density at radius 3 is 2.58 bits per heavy atom. The van der Waals surface area contributed by atoms with Gasteiger partial charge in [0.15, 0.2) is 11.6 Å². The molecule has 0 aliphatic carbocycles. The SMILES string of the molecule is COc1nc(N)ccc1-c1cnc(N)c(O[C@H](C)c2cc(F)ccc2-n2nccn2)c1. The van der Waals surface area contributed by atoms with E-state index >= 15 is 0 Å². The number of aromatic nitrogens is 5. The molecule has 0 saturated carbocycles. The summed E-state index contributed by atoms with van der Waals surface area (Å²) < 4.78 is 25.4. The summed E-state index contributed by atoms with van der Waals surface area (Å²) >= 11 is 0. The normalized spacial score (nSPS) is 11.8. The van der Waals surface area contributed by atoms with Crippen molar-refractivity contribution in [1.82, 2.24) is 25.0 Å². The first kappa shape index (κ1) is 20.1. The summed E-state index contributed by atoms with van der Waals surface area (Å²) in [6.07, 6.45) is 4.09. The highest BCUT2D eigenvalue weighted by molar-refractivity contribution is 5.72. The van der Waals surface area contributed by atoms with Crippen LogP contribution in [0.3, 0.4) is 0 Å². The molecule has 4 aromatic rings. The molecule has 0 spiro atoms. The van der Waals surface area contributed by atoms with Crippen molar-refractivity contribution in [3.63, 3.8) is 0 Å². The van der Waals surface area contributed by atoms with E-state index in [-0.39, 0.29) is 5.82 Å². The lowest BCUT2D eigenvalue weighted by Crippen LogP contribution is -2.11. The molecule has 0 amide bonds. The Balaban J connectivity index is 1.70. The van der Waals surface area contributed by atoms with E-state index in [1.54, 1.807) is 37.4 Å². The molecule has 0 saturated heterocycles. The number of methoxy groups -OCH3 is 1. The molecule has 10 heteroatoms. The first-order chi connectivity index (χ1) is 15.0. The van der Waals surface area contributed by atoms with Gasteiger partial charge in [0.05, 0.1) is 25.2 Å². The van der Waals surface area contributed by atoms with Gasteiger partial charge < -0.3 is 20.9 Å². The molecule has 1 aromatic carbocycles. The number of nitrogens with two attached hydrogens (primary N) is 2. The molecule has 0 aliphatic rings. The van der Waals surface area contributed by atoms with Gasteiger partial charge in [-0.15, -0.1) is 0 Å². The summed E-state index contributed by atoms with van der Waals surface area (Å²) in [7, 11) is 1.50. The van der Waals surface area contributed by atoms with E-state index in [4.69, 9.17) is 20.9 Å². The van der Waals surface area contributed by atoms with E-state index in [2.05, 4.69) is 20.2 Å². The fourth-order valence-corrected chi connectivity index (χ4v) is 3.15. The number of ether oxygens (including phenoxy) is 2. The lowest BCUT2D eigenvalue weighted by atomic mass is 10.1. The quantitative estimate of drug-likeness (QED) is 0.486. The summed E-state index contributed by atoms with van der Waals surface area (Å²) in [6.45, 7) is 1.78. The fourth-order valence-electron chi connectivity index (χ4n) is 3.15. The van der Waals surface area contributed by atoms with Crippen LogP contribution in [0, 0.1) is 5.82 Å². The Labute approximate surface area is 177 Å². The summed E-state index contributed by atoms with van der Waals surface area (Å²) in [4.78, 5) is 9.80. The maximum Gasteiger partial charge on any atom is 0.223 e. The number of hydrogen-bond donors (Lipinski definition) is 2. The molecule has 0 unspecified atom stereocenters. The number of nitrogen functional groups attached to an aromatic ring is 2. The maximum atomic E-state index is 14.0. The number of halogens is 1. The smallest absolute Gasteiger partial charge is 0.223 e. The first-order valence-electron chi connectivity index (χ1n) is 9.35. The van der Waals surface area contributed by atoms with Crippen molar-refractivity contribution in [3.8, 4) is 28.4 Å². The molecule has 31 heavy (non-hydrogen) atoms. The van der Waals surface area contributed by atoms with Crippen molar-refractivity contribution < 1.29 is 13.9 Å². The van der Waals surface area contributed by atoms with Crippen molar-refractivity contribution in [2.45, 2.75) is 13.0 Å². The van der Waals surface area contributed by atoms with Crippen LogP contribution in [0.15, 0.2) is 55.0 Å². The molecule has 158 valence electrons. The summed E-state index contributed by atoms with van der Waals surface area (Å²) in [5.41, 5.74) is 14.3. The first-order valence-corrected chi connectivity index (χ1v) is 9.35. The molecule has 0 bridgehead atoms. The minimum atomic E-state index is -0.581. The highest BCUT2D eigenvalue weighted by atomic mass is 19.1. The number of pyridine rings is 2. The average molecular weight is 421 g/mol. The van der Waals surface area contributed by atoms with E-state index in [0.29, 0.717) is 39.8 Å². The van der Waals surface area contributed by atoms with Crippen LogP contribution < -0.4 is 20.9 Å². The Morgan fingerprint density at radius 1 is 1.06 bits per heavy atom. The molecule has 4 rings (SSSR count). The predicted molar refractivity (Wildman–Crippen MR) is 113 cm³/mol. The largest absolute Gasteiger partial charge is 0.482 e. The summed E-state index contributed by atoms with van der Waals surface area (Å²) in [6, 6.07) is 9.46. The predicted octanol–water partition coefficient (Wildman–Crippen LogP) is 3.18. The third-order valence-corrected chi connectivity index (χ3v) is 4.63. The molecule has 3 aromatic heterocycles. The van der Waals surface area contributed by atoms with E-state index < -0.39 is 11.9 Å². The van der Waals surface area contributed by atoms with E-state index in [1.165, 1.54) is 36.4 Å². The molecule has 0 aliphatic heterocycles. The monoisotopic (exact) mass is 421 g/mol. The third-order valence-electron chi connectivity index (χ3n) is 4.63. The van der Waals surface area contributed by atoms with Crippen molar-refractivity contribution in [1.29, 1.82) is 0 Å². The van der Waals surface area contributed by atoms with Crippen molar-refractivity contribution >= 4 is 11.6 Å². The van der Waals surface area contributed by atoms with Crippen molar-refractivity contribution in [2.75, 3.05) is 18.6 Å². The average Bonchev–Trinajstić information content (AvgIpc) is 3.30. The van der Waals surface area contributed by atoms with Crippen LogP contribution in [0.2, 0.25) is 0 Å². The minimum Gasteiger partial charge on any atom is -0.482 e. The van der Waals surface area contributed by atoms with Crippen LogP contribution >= 0.6 is 0 Å². The molecule has 0 fully saturated rings. The second-order valence-electron chi connectivity index (χ2n) is 6.68. The zero-order valence-corrected chi connectivity index (χ0v) is 16.9. The lowest BCUT2D eigenvalue weighted by molar-refractivity contribution is 0.226. The standard InChI is InChI=1S/C21H20FN7O2/c1-12(16-10-14(22)3-5-17(16)29-26-7-8-27-29)31-18-9-13(11-25-20(18)24)15-4-6-19(23)28-21(15)30-2/h3-12H,1-2H3,(H2,23,28)(H2,24,25)/t12-/m1/s1. The van der Waals surface area contributed by atoms with Crippen molar-refractivity contribution in [2.24, 2.45) is 0 Å². The number of anilines is 2. The molecule has 9 nitrogen and oxygen atoms in total. The van der Waals surface area contributed by atoms with E-state index in [1.807, 2.05) is 0 Å². The molecule has 3 heterocycles. The van der Waals surface area contributed by atoms with Crippen LogP contribution in [0.5, 0.6) is 11.6 Å². The van der Waals surface area contributed by atoms with Crippen LogP contribution in [-0.4, -0.2) is 32.1 Å². The Bertz CT molecular complexity index is 1210.